The first kappa shape index (κ1) is 52.6. The molecule has 0 aliphatic rings. The van der Waals surface area contributed by atoms with E-state index in [-0.39, 0.29) is 31.1 Å². The summed E-state index contributed by atoms with van der Waals surface area (Å²) in [6.45, 7) is 6.28. The molecule has 0 spiro atoms. The number of esters is 3. The van der Waals surface area contributed by atoms with Gasteiger partial charge in [-0.05, 0) is 89.9 Å². The smallest absolute Gasteiger partial charge is 0.306 e. The fourth-order valence-electron chi connectivity index (χ4n) is 5.79. The maximum absolute atomic E-state index is 12.7. The van der Waals surface area contributed by atoms with Gasteiger partial charge in [-0.1, -0.05) is 170 Å². The van der Waals surface area contributed by atoms with Gasteiger partial charge in [-0.3, -0.25) is 14.4 Å². The quantitative estimate of drug-likeness (QED) is 0.0203. The van der Waals surface area contributed by atoms with Crippen LogP contribution in [-0.2, 0) is 28.6 Å². The summed E-state index contributed by atoms with van der Waals surface area (Å²) in [5.41, 5.74) is 0. The van der Waals surface area contributed by atoms with Gasteiger partial charge in [-0.15, -0.1) is 0 Å². The molecule has 0 fully saturated rings. The SMILES string of the molecule is CC\C=C/C=C\C=C/CCCCCCCC(=O)OC(COC(=O)CCCCCC/C=C\C/C=C\C/C=C\CC)COC(=O)CCCCCCC/C=C\CCCC. The molecule has 0 amide bonds. The summed E-state index contributed by atoms with van der Waals surface area (Å²) >= 11 is 0. The summed E-state index contributed by atoms with van der Waals surface area (Å²) in [6.07, 6.45) is 55.6. The first-order chi connectivity index (χ1) is 27.5. The van der Waals surface area contributed by atoms with Crippen LogP contribution >= 0.6 is 0 Å². The number of allylic oxidation sites excluding steroid dienone is 14. The lowest BCUT2D eigenvalue weighted by Crippen LogP contribution is -2.30. The van der Waals surface area contributed by atoms with Crippen LogP contribution in [0.2, 0.25) is 0 Å². The molecule has 0 aliphatic heterocycles. The van der Waals surface area contributed by atoms with Crippen molar-refractivity contribution in [3.8, 4) is 0 Å². The lowest BCUT2D eigenvalue weighted by atomic mass is 10.1. The summed E-state index contributed by atoms with van der Waals surface area (Å²) in [4.78, 5) is 37.7. The monoisotopic (exact) mass is 779 g/mol. The molecule has 6 nitrogen and oxygen atoms in total. The van der Waals surface area contributed by atoms with Crippen LogP contribution in [0, 0.1) is 0 Å². The van der Waals surface area contributed by atoms with Crippen LogP contribution in [0.5, 0.6) is 0 Å². The zero-order chi connectivity index (χ0) is 40.8. The molecule has 0 radical (unpaired) electrons. The zero-order valence-corrected chi connectivity index (χ0v) is 36.1. The van der Waals surface area contributed by atoms with Gasteiger partial charge in [-0.25, -0.2) is 0 Å². The Morgan fingerprint density at radius 2 is 0.786 bits per heavy atom. The topological polar surface area (TPSA) is 78.9 Å². The van der Waals surface area contributed by atoms with Crippen molar-refractivity contribution in [1.29, 1.82) is 0 Å². The van der Waals surface area contributed by atoms with Crippen LogP contribution in [0.25, 0.3) is 0 Å². The molecule has 0 aromatic carbocycles. The number of carbonyl (C=O) groups is 3. The van der Waals surface area contributed by atoms with Gasteiger partial charge in [0.2, 0.25) is 0 Å². The molecule has 0 saturated heterocycles. The highest BCUT2D eigenvalue weighted by molar-refractivity contribution is 5.71. The van der Waals surface area contributed by atoms with Crippen molar-refractivity contribution < 1.29 is 28.6 Å². The third kappa shape index (κ3) is 41.7. The Balaban J connectivity index is 4.48. The number of rotatable bonds is 39. The predicted octanol–water partition coefficient (Wildman–Crippen LogP) is 14.5. The number of unbranched alkanes of at least 4 members (excludes halogenated alkanes) is 16. The largest absolute Gasteiger partial charge is 0.462 e. The second kappa shape index (κ2) is 44.3. The number of carbonyl (C=O) groups excluding carboxylic acids is 3. The van der Waals surface area contributed by atoms with E-state index in [0.717, 1.165) is 128 Å². The molecule has 0 rings (SSSR count). The van der Waals surface area contributed by atoms with Crippen molar-refractivity contribution in [3.63, 3.8) is 0 Å². The molecular formula is C50H82O6. The number of ether oxygens (including phenoxy) is 3. The second-order valence-electron chi connectivity index (χ2n) is 14.6. The van der Waals surface area contributed by atoms with Crippen molar-refractivity contribution in [3.05, 3.63) is 85.1 Å². The number of hydrogen-bond acceptors (Lipinski definition) is 6. The molecule has 0 aliphatic carbocycles. The van der Waals surface area contributed by atoms with E-state index in [4.69, 9.17) is 14.2 Å². The van der Waals surface area contributed by atoms with E-state index in [2.05, 4.69) is 99.8 Å². The minimum absolute atomic E-state index is 0.0982. The zero-order valence-electron chi connectivity index (χ0n) is 36.1. The lowest BCUT2D eigenvalue weighted by molar-refractivity contribution is -0.167. The molecule has 56 heavy (non-hydrogen) atoms. The minimum Gasteiger partial charge on any atom is -0.462 e. The predicted molar refractivity (Wildman–Crippen MR) is 237 cm³/mol. The molecule has 0 aromatic heterocycles. The fourth-order valence-corrected chi connectivity index (χ4v) is 5.79. The molecule has 1 unspecified atom stereocenters. The van der Waals surface area contributed by atoms with Gasteiger partial charge < -0.3 is 14.2 Å². The van der Waals surface area contributed by atoms with E-state index in [1.807, 2.05) is 6.08 Å². The Labute approximate surface area is 344 Å². The number of hydrogen-bond donors (Lipinski definition) is 0. The molecule has 0 N–H and O–H groups in total. The molecule has 0 heterocycles. The normalized spacial score (nSPS) is 12.8. The molecule has 0 bridgehead atoms. The Morgan fingerprint density at radius 3 is 1.30 bits per heavy atom. The van der Waals surface area contributed by atoms with Gasteiger partial charge in [-0.2, -0.15) is 0 Å². The van der Waals surface area contributed by atoms with E-state index in [0.29, 0.717) is 19.3 Å². The van der Waals surface area contributed by atoms with Crippen LogP contribution in [-0.4, -0.2) is 37.2 Å². The van der Waals surface area contributed by atoms with Gasteiger partial charge >= 0.3 is 17.9 Å². The molecule has 0 aromatic rings. The van der Waals surface area contributed by atoms with Gasteiger partial charge in [0.15, 0.2) is 6.10 Å². The highest BCUT2D eigenvalue weighted by Crippen LogP contribution is 2.12. The first-order valence-electron chi connectivity index (χ1n) is 22.6. The highest BCUT2D eigenvalue weighted by Gasteiger charge is 2.19. The molecule has 318 valence electrons. The van der Waals surface area contributed by atoms with Crippen molar-refractivity contribution >= 4 is 17.9 Å². The molecule has 1 atom stereocenters. The van der Waals surface area contributed by atoms with Gasteiger partial charge in [0, 0.05) is 19.3 Å². The Bertz CT molecular complexity index is 1120. The van der Waals surface area contributed by atoms with Gasteiger partial charge in [0.05, 0.1) is 0 Å². The third-order valence-electron chi connectivity index (χ3n) is 9.18. The van der Waals surface area contributed by atoms with Gasteiger partial charge in [0.25, 0.3) is 0 Å². The van der Waals surface area contributed by atoms with Crippen LogP contribution < -0.4 is 0 Å². The Morgan fingerprint density at radius 1 is 0.393 bits per heavy atom. The highest BCUT2D eigenvalue weighted by atomic mass is 16.6. The lowest BCUT2D eigenvalue weighted by Gasteiger charge is -2.18. The van der Waals surface area contributed by atoms with E-state index >= 15 is 0 Å². The van der Waals surface area contributed by atoms with E-state index in [1.54, 1.807) is 0 Å². The summed E-state index contributed by atoms with van der Waals surface area (Å²) in [6, 6.07) is 0. The van der Waals surface area contributed by atoms with Crippen molar-refractivity contribution in [1.82, 2.24) is 0 Å². The maximum Gasteiger partial charge on any atom is 0.306 e. The van der Waals surface area contributed by atoms with Gasteiger partial charge in [0.1, 0.15) is 13.2 Å². The second-order valence-corrected chi connectivity index (χ2v) is 14.6. The Kier molecular flexibility index (Phi) is 41.6. The Hall–Kier alpha value is -3.41. The molecular weight excluding hydrogens is 697 g/mol. The average Bonchev–Trinajstić information content (AvgIpc) is 3.19. The molecule has 6 heteroatoms. The van der Waals surface area contributed by atoms with Crippen molar-refractivity contribution in [2.45, 2.75) is 200 Å². The van der Waals surface area contributed by atoms with Crippen LogP contribution in [0.3, 0.4) is 0 Å². The first-order valence-corrected chi connectivity index (χ1v) is 22.6. The maximum atomic E-state index is 12.7. The van der Waals surface area contributed by atoms with E-state index in [1.165, 1.54) is 25.7 Å². The average molecular weight is 779 g/mol. The molecule has 0 saturated carbocycles. The third-order valence-corrected chi connectivity index (χ3v) is 9.18. The summed E-state index contributed by atoms with van der Waals surface area (Å²) in [5.74, 6) is -0.960. The standard InChI is InChI=1S/C50H82O6/c1-4-7-10-13-16-19-22-24-26-28-31-34-37-40-43-49(52)55-46-47(45-54-48(51)42-39-36-33-30-27-21-18-15-12-9-6-3)56-50(53)44-41-38-35-32-29-25-23-20-17-14-11-8-5-2/h7-8,10-11,14-20,23-24,26,47H,4-6,9,12-13,21-22,25,27-46H2,1-3H3/b10-7-,11-8-,17-14-,18-15-,19-16-,23-20-,26-24-. The van der Waals surface area contributed by atoms with E-state index in [9.17, 15) is 14.4 Å². The van der Waals surface area contributed by atoms with Crippen LogP contribution in [0.1, 0.15) is 194 Å². The van der Waals surface area contributed by atoms with Crippen molar-refractivity contribution in [2.75, 3.05) is 13.2 Å². The van der Waals surface area contributed by atoms with Crippen LogP contribution in [0.4, 0.5) is 0 Å². The van der Waals surface area contributed by atoms with Crippen molar-refractivity contribution in [2.24, 2.45) is 0 Å². The minimum atomic E-state index is -0.798. The summed E-state index contributed by atoms with van der Waals surface area (Å²) < 4.78 is 16.7. The fraction of sp³-hybridized carbons (Fsp3) is 0.660. The van der Waals surface area contributed by atoms with Crippen LogP contribution in [0.15, 0.2) is 85.1 Å². The summed E-state index contributed by atoms with van der Waals surface area (Å²) in [7, 11) is 0. The van der Waals surface area contributed by atoms with E-state index < -0.39 is 6.10 Å². The summed E-state index contributed by atoms with van der Waals surface area (Å²) in [5, 5.41) is 0.